The Hall–Kier alpha value is -3.02. The predicted octanol–water partition coefficient (Wildman–Crippen LogP) is 6.01. The molecule has 224 valence electrons. The molecular weight excluding hydrogens is 589 g/mol. The number of ether oxygens (including phenoxy) is 1. The van der Waals surface area contributed by atoms with Gasteiger partial charge in [-0.25, -0.2) is 26.5 Å². The molecule has 1 spiro atoms. The first kappa shape index (κ1) is 29.1. The van der Waals surface area contributed by atoms with Crippen molar-refractivity contribution in [2.75, 3.05) is 42.5 Å². The first-order valence-electron chi connectivity index (χ1n) is 14.1. The summed E-state index contributed by atoms with van der Waals surface area (Å²) in [6.45, 7) is 2.97. The van der Waals surface area contributed by atoms with Crippen LogP contribution in [-0.4, -0.2) is 57.6 Å². The zero-order valence-corrected chi connectivity index (χ0v) is 24.8. The Kier molecular flexibility index (Phi) is 7.78. The number of hydrogen-bond acceptors (Lipinski definition) is 6. The highest BCUT2D eigenvalue weighted by molar-refractivity contribution is 7.92. The molecule has 1 aromatic heterocycles. The van der Waals surface area contributed by atoms with E-state index >= 15 is 8.78 Å². The third-order valence-corrected chi connectivity index (χ3v) is 11.2. The van der Waals surface area contributed by atoms with Crippen molar-refractivity contribution >= 4 is 33.1 Å². The standard InChI is InChI=1S/C30H32ClF3N4O3S/c1-41-21-9-7-20(8-10-21)18-38(26-6-4-5-25(33)35-26)42(39,40)29-22(32)17-23(27(31)28(29)34)37-16-13-30(19-37)12-11-24(30)36-14-2-3-15-36/h4-10,17,24H,2-3,11-16,18-19H2,1H3/t24?,30-/m0/s1. The van der Waals surface area contributed by atoms with Gasteiger partial charge in [0.05, 0.1) is 19.3 Å². The smallest absolute Gasteiger partial charge is 0.271 e. The minimum atomic E-state index is -4.93. The van der Waals surface area contributed by atoms with Gasteiger partial charge in [-0.1, -0.05) is 29.8 Å². The summed E-state index contributed by atoms with van der Waals surface area (Å²) in [6, 6.07) is 11.5. The molecule has 2 atom stereocenters. The summed E-state index contributed by atoms with van der Waals surface area (Å²) in [5.41, 5.74) is 0.647. The van der Waals surface area contributed by atoms with Crippen LogP contribution < -0.4 is 13.9 Å². The highest BCUT2D eigenvalue weighted by Gasteiger charge is 2.53. The van der Waals surface area contributed by atoms with E-state index in [-0.39, 0.29) is 23.5 Å². The molecule has 0 amide bonds. The third-order valence-electron chi connectivity index (χ3n) is 9.02. The van der Waals surface area contributed by atoms with Crippen LogP contribution in [0.1, 0.15) is 37.7 Å². The van der Waals surface area contributed by atoms with Crippen molar-refractivity contribution in [3.63, 3.8) is 0 Å². The summed E-state index contributed by atoms with van der Waals surface area (Å²) >= 11 is 6.48. The number of halogens is 4. The molecule has 12 heteroatoms. The molecule has 3 aliphatic rings. The van der Waals surface area contributed by atoms with Gasteiger partial charge in [-0.2, -0.15) is 4.39 Å². The van der Waals surface area contributed by atoms with Crippen molar-refractivity contribution in [1.29, 1.82) is 0 Å². The number of hydrogen-bond donors (Lipinski definition) is 0. The molecule has 7 nitrogen and oxygen atoms in total. The number of likely N-dealkylation sites (tertiary alicyclic amines) is 1. The Labute approximate surface area is 248 Å². The van der Waals surface area contributed by atoms with Crippen LogP contribution in [-0.2, 0) is 16.6 Å². The van der Waals surface area contributed by atoms with Crippen LogP contribution in [0.3, 0.4) is 0 Å². The maximum Gasteiger partial charge on any atom is 0.271 e. The maximum atomic E-state index is 16.0. The molecule has 0 radical (unpaired) electrons. The fourth-order valence-electron chi connectivity index (χ4n) is 6.75. The van der Waals surface area contributed by atoms with Gasteiger partial charge >= 0.3 is 0 Å². The zero-order valence-electron chi connectivity index (χ0n) is 23.2. The first-order valence-corrected chi connectivity index (χ1v) is 15.9. The van der Waals surface area contributed by atoms with Gasteiger partial charge in [0.15, 0.2) is 10.7 Å². The molecule has 1 saturated carbocycles. The van der Waals surface area contributed by atoms with E-state index in [1.807, 2.05) is 4.90 Å². The molecule has 1 unspecified atom stereocenters. The first-order chi connectivity index (χ1) is 20.1. The fourth-order valence-corrected chi connectivity index (χ4v) is 8.59. The molecule has 3 aromatic rings. The number of methoxy groups -OCH3 is 1. The van der Waals surface area contributed by atoms with E-state index in [1.54, 1.807) is 24.3 Å². The largest absolute Gasteiger partial charge is 0.497 e. The SMILES string of the molecule is COc1ccc(CN(c2cccc(F)n2)S(=O)(=O)c2c(F)cc(N3CC[C@@]4(CCC4N4CCCC4)C3)c(Cl)c2F)cc1. The second kappa shape index (κ2) is 11.2. The molecule has 2 aliphatic heterocycles. The van der Waals surface area contributed by atoms with Gasteiger partial charge in [-0.05, 0) is 75.0 Å². The summed E-state index contributed by atoms with van der Waals surface area (Å²) in [6.07, 6.45) is 5.42. The van der Waals surface area contributed by atoms with Crippen molar-refractivity contribution < 1.29 is 26.3 Å². The Morgan fingerprint density at radius 3 is 2.45 bits per heavy atom. The average Bonchev–Trinajstić information content (AvgIpc) is 3.65. The van der Waals surface area contributed by atoms with Gasteiger partial charge in [-0.15, -0.1) is 0 Å². The molecule has 3 heterocycles. The highest BCUT2D eigenvalue weighted by atomic mass is 35.5. The number of anilines is 2. The van der Waals surface area contributed by atoms with E-state index in [1.165, 1.54) is 32.1 Å². The van der Waals surface area contributed by atoms with Gasteiger partial charge in [0.1, 0.15) is 22.4 Å². The molecular formula is C30H32ClF3N4O3S. The number of aromatic nitrogens is 1. The van der Waals surface area contributed by atoms with E-state index < -0.39 is 37.5 Å². The molecule has 1 aliphatic carbocycles. The van der Waals surface area contributed by atoms with Gasteiger partial charge in [0.2, 0.25) is 5.95 Å². The quantitative estimate of drug-likeness (QED) is 0.227. The van der Waals surface area contributed by atoms with Crippen molar-refractivity contribution in [2.45, 2.75) is 49.6 Å². The Morgan fingerprint density at radius 1 is 1.07 bits per heavy atom. The van der Waals surface area contributed by atoms with Crippen LogP contribution in [0.25, 0.3) is 0 Å². The number of nitrogens with zero attached hydrogens (tertiary/aromatic N) is 4. The summed E-state index contributed by atoms with van der Waals surface area (Å²) in [5.74, 6) is -3.39. The van der Waals surface area contributed by atoms with Crippen LogP contribution >= 0.6 is 11.6 Å². The van der Waals surface area contributed by atoms with E-state index in [0.717, 1.165) is 44.5 Å². The topological polar surface area (TPSA) is 66.0 Å². The van der Waals surface area contributed by atoms with Crippen molar-refractivity contribution in [3.05, 3.63) is 76.7 Å². The lowest BCUT2D eigenvalue weighted by Gasteiger charge is -2.51. The van der Waals surface area contributed by atoms with Crippen molar-refractivity contribution in [1.82, 2.24) is 9.88 Å². The van der Waals surface area contributed by atoms with Gasteiger partial charge in [-0.3, -0.25) is 4.90 Å². The van der Waals surface area contributed by atoms with E-state index in [0.29, 0.717) is 34.7 Å². The lowest BCUT2D eigenvalue weighted by atomic mass is 9.63. The molecule has 6 rings (SSSR count). The Balaban J connectivity index is 1.33. The number of pyridine rings is 1. The van der Waals surface area contributed by atoms with Gasteiger partial charge < -0.3 is 9.64 Å². The fraction of sp³-hybridized carbons (Fsp3) is 0.433. The number of benzene rings is 2. The number of rotatable bonds is 8. The molecule has 2 aromatic carbocycles. The highest BCUT2D eigenvalue weighted by Crippen LogP contribution is 2.53. The maximum absolute atomic E-state index is 16.0. The lowest BCUT2D eigenvalue weighted by molar-refractivity contribution is 0.00199. The molecule has 3 fully saturated rings. The molecule has 0 N–H and O–H groups in total. The van der Waals surface area contributed by atoms with Crippen LogP contribution in [0.2, 0.25) is 5.02 Å². The average molecular weight is 621 g/mol. The summed E-state index contributed by atoms with van der Waals surface area (Å²) < 4.78 is 79.5. The number of sulfonamides is 1. The third kappa shape index (κ3) is 5.09. The summed E-state index contributed by atoms with van der Waals surface area (Å²) in [5, 5.41) is -0.458. The Bertz CT molecular complexity index is 1590. The lowest BCUT2D eigenvalue weighted by Crippen LogP contribution is -2.55. The van der Waals surface area contributed by atoms with Crippen molar-refractivity contribution in [3.8, 4) is 5.75 Å². The summed E-state index contributed by atoms with van der Waals surface area (Å²) in [4.78, 5) is 6.89. The molecule has 0 bridgehead atoms. The van der Waals surface area contributed by atoms with E-state index in [4.69, 9.17) is 16.3 Å². The normalized spacial score (nSPS) is 22.5. The minimum absolute atomic E-state index is 0.0452. The van der Waals surface area contributed by atoms with Crippen molar-refractivity contribution in [2.24, 2.45) is 5.41 Å². The molecule has 42 heavy (non-hydrogen) atoms. The van der Waals surface area contributed by atoms with Gasteiger partial charge in [0, 0.05) is 30.6 Å². The predicted molar refractivity (Wildman–Crippen MR) is 155 cm³/mol. The van der Waals surface area contributed by atoms with E-state index in [9.17, 15) is 12.8 Å². The Morgan fingerprint density at radius 2 is 1.81 bits per heavy atom. The monoisotopic (exact) mass is 620 g/mol. The van der Waals surface area contributed by atoms with Crippen LogP contribution in [0.15, 0.2) is 53.4 Å². The van der Waals surface area contributed by atoms with Crippen LogP contribution in [0.5, 0.6) is 5.75 Å². The second-order valence-electron chi connectivity index (χ2n) is 11.3. The second-order valence-corrected chi connectivity index (χ2v) is 13.5. The minimum Gasteiger partial charge on any atom is -0.497 e. The summed E-state index contributed by atoms with van der Waals surface area (Å²) in [7, 11) is -3.44. The van der Waals surface area contributed by atoms with Gasteiger partial charge in [0.25, 0.3) is 10.0 Å². The van der Waals surface area contributed by atoms with Crippen LogP contribution in [0.4, 0.5) is 24.7 Å². The van der Waals surface area contributed by atoms with E-state index in [2.05, 4.69) is 9.88 Å². The molecule has 2 saturated heterocycles. The zero-order chi connectivity index (χ0) is 29.6. The van der Waals surface area contributed by atoms with Crippen LogP contribution in [0, 0.1) is 23.0 Å².